The van der Waals surface area contributed by atoms with E-state index in [1.54, 1.807) is 17.0 Å². The third kappa shape index (κ3) is 4.35. The van der Waals surface area contributed by atoms with Gasteiger partial charge in [-0.05, 0) is 48.6 Å². The van der Waals surface area contributed by atoms with Crippen LogP contribution in [0.25, 0.3) is 0 Å². The molecule has 0 bridgehead atoms. The highest BCUT2D eigenvalue weighted by Crippen LogP contribution is 2.24. The second-order valence-corrected chi connectivity index (χ2v) is 7.90. The average molecular weight is 407 g/mol. The summed E-state index contributed by atoms with van der Waals surface area (Å²) in [6.07, 6.45) is 3.74. The van der Waals surface area contributed by atoms with E-state index < -0.39 is 4.92 Å². The van der Waals surface area contributed by atoms with Crippen molar-refractivity contribution in [2.75, 3.05) is 31.1 Å². The molecule has 0 atom stereocenters. The molecule has 4 rings (SSSR count). The van der Waals surface area contributed by atoms with Crippen molar-refractivity contribution >= 4 is 23.1 Å². The molecular formula is C23H25N3O4. The van der Waals surface area contributed by atoms with Gasteiger partial charge in [0.2, 0.25) is 5.91 Å². The number of hydrogen-bond donors (Lipinski definition) is 0. The number of non-ortho nitro benzene ring substituents is 1. The second-order valence-electron chi connectivity index (χ2n) is 7.90. The number of fused-ring (bicyclic) bond motifs is 1. The second kappa shape index (κ2) is 8.65. The lowest BCUT2D eigenvalue weighted by atomic mass is 10.0. The number of hydrogen-bond acceptors (Lipinski definition) is 5. The Morgan fingerprint density at radius 2 is 1.60 bits per heavy atom. The van der Waals surface area contributed by atoms with Crippen LogP contribution < -0.4 is 4.90 Å². The van der Waals surface area contributed by atoms with Crippen LogP contribution in [-0.2, 0) is 17.6 Å². The molecule has 30 heavy (non-hydrogen) atoms. The molecule has 156 valence electrons. The minimum absolute atomic E-state index is 0.00728. The number of Topliss-reactive ketones (excluding diaryl/α,β-unsaturated/α-hetero) is 1. The zero-order chi connectivity index (χ0) is 21.1. The molecule has 0 spiro atoms. The van der Waals surface area contributed by atoms with E-state index in [0.717, 1.165) is 24.9 Å². The molecule has 7 heteroatoms. The van der Waals surface area contributed by atoms with Crippen molar-refractivity contribution in [3.63, 3.8) is 0 Å². The number of piperazine rings is 1. The van der Waals surface area contributed by atoms with E-state index in [1.807, 2.05) is 12.1 Å². The number of rotatable bonds is 6. The maximum Gasteiger partial charge on any atom is 0.269 e. The molecule has 0 saturated carbocycles. The minimum Gasteiger partial charge on any atom is -0.368 e. The summed E-state index contributed by atoms with van der Waals surface area (Å²) < 4.78 is 0. The molecular weight excluding hydrogens is 382 g/mol. The lowest BCUT2D eigenvalue weighted by molar-refractivity contribution is -0.384. The van der Waals surface area contributed by atoms with Crippen LogP contribution in [0, 0.1) is 10.1 Å². The van der Waals surface area contributed by atoms with Crippen molar-refractivity contribution in [2.24, 2.45) is 0 Å². The van der Waals surface area contributed by atoms with Crippen LogP contribution in [0.3, 0.4) is 0 Å². The molecule has 0 N–H and O–H groups in total. The Morgan fingerprint density at radius 1 is 0.900 bits per heavy atom. The monoisotopic (exact) mass is 407 g/mol. The molecule has 0 aromatic heterocycles. The standard InChI is InChI=1S/C23H25N3O4/c27-22(19-5-4-17-2-1-3-18(17)16-19)10-11-23(28)25-14-12-24(13-15-25)20-6-8-21(9-7-20)26(29)30/h4-9,16H,1-3,10-15H2. The first-order chi connectivity index (χ1) is 14.5. The van der Waals surface area contributed by atoms with Gasteiger partial charge in [-0.1, -0.05) is 12.1 Å². The fraction of sp³-hybridized carbons (Fsp3) is 0.391. The van der Waals surface area contributed by atoms with E-state index >= 15 is 0 Å². The van der Waals surface area contributed by atoms with Crippen molar-refractivity contribution in [3.8, 4) is 0 Å². The Morgan fingerprint density at radius 3 is 2.30 bits per heavy atom. The number of amides is 1. The number of nitro benzene ring substituents is 1. The predicted octanol–water partition coefficient (Wildman–Crippen LogP) is 3.40. The fourth-order valence-electron chi connectivity index (χ4n) is 4.27. The van der Waals surface area contributed by atoms with Gasteiger partial charge in [-0.3, -0.25) is 19.7 Å². The molecule has 0 unspecified atom stereocenters. The summed E-state index contributed by atoms with van der Waals surface area (Å²) in [6.45, 7) is 2.51. The van der Waals surface area contributed by atoms with Crippen LogP contribution in [0.4, 0.5) is 11.4 Å². The van der Waals surface area contributed by atoms with Crippen LogP contribution in [0.15, 0.2) is 42.5 Å². The molecule has 2 aromatic rings. The van der Waals surface area contributed by atoms with Gasteiger partial charge in [-0.25, -0.2) is 0 Å². The first-order valence-electron chi connectivity index (χ1n) is 10.4. The molecule has 1 aliphatic carbocycles. The van der Waals surface area contributed by atoms with Gasteiger partial charge in [0.25, 0.3) is 5.69 Å². The molecule has 7 nitrogen and oxygen atoms in total. The molecule has 1 aliphatic heterocycles. The highest BCUT2D eigenvalue weighted by Gasteiger charge is 2.22. The summed E-state index contributed by atoms with van der Waals surface area (Å²) in [4.78, 5) is 39.4. The van der Waals surface area contributed by atoms with Crippen molar-refractivity contribution in [1.29, 1.82) is 0 Å². The minimum atomic E-state index is -0.412. The van der Waals surface area contributed by atoms with Gasteiger partial charge in [-0.15, -0.1) is 0 Å². The Kier molecular flexibility index (Phi) is 5.79. The van der Waals surface area contributed by atoms with Gasteiger partial charge < -0.3 is 9.80 Å². The number of carbonyl (C=O) groups excluding carboxylic acids is 2. The first-order valence-corrected chi connectivity index (χ1v) is 10.4. The summed E-state index contributed by atoms with van der Waals surface area (Å²) in [7, 11) is 0. The molecule has 2 aliphatic rings. The first kappa shape index (κ1) is 20.1. The zero-order valence-corrected chi connectivity index (χ0v) is 16.9. The maximum atomic E-state index is 12.6. The van der Waals surface area contributed by atoms with Gasteiger partial charge in [0.1, 0.15) is 0 Å². The van der Waals surface area contributed by atoms with Crippen molar-refractivity contribution in [1.82, 2.24) is 4.90 Å². The lowest BCUT2D eigenvalue weighted by Crippen LogP contribution is -2.48. The van der Waals surface area contributed by atoms with Gasteiger partial charge >= 0.3 is 0 Å². The smallest absolute Gasteiger partial charge is 0.269 e. The van der Waals surface area contributed by atoms with Gasteiger partial charge in [0, 0.05) is 62.4 Å². The van der Waals surface area contributed by atoms with Crippen LogP contribution >= 0.6 is 0 Å². The number of aryl methyl sites for hydroxylation is 2. The van der Waals surface area contributed by atoms with Crippen molar-refractivity contribution in [2.45, 2.75) is 32.1 Å². The van der Waals surface area contributed by atoms with E-state index in [1.165, 1.54) is 23.3 Å². The van der Waals surface area contributed by atoms with E-state index in [2.05, 4.69) is 11.0 Å². The third-order valence-electron chi connectivity index (χ3n) is 6.04. The summed E-state index contributed by atoms with van der Waals surface area (Å²) >= 11 is 0. The largest absolute Gasteiger partial charge is 0.368 e. The van der Waals surface area contributed by atoms with Crippen LogP contribution in [-0.4, -0.2) is 47.7 Å². The number of nitrogens with zero attached hydrogens (tertiary/aromatic N) is 3. The van der Waals surface area contributed by atoms with Crippen LogP contribution in [0.2, 0.25) is 0 Å². The van der Waals surface area contributed by atoms with Gasteiger partial charge in [0.05, 0.1) is 4.92 Å². The highest BCUT2D eigenvalue weighted by atomic mass is 16.6. The number of nitro groups is 1. The molecule has 1 amide bonds. The Bertz CT molecular complexity index is 963. The Labute approximate surface area is 175 Å². The molecule has 1 heterocycles. The quantitative estimate of drug-likeness (QED) is 0.416. The molecule has 2 aromatic carbocycles. The molecule has 0 radical (unpaired) electrons. The van der Waals surface area contributed by atoms with Crippen molar-refractivity contribution < 1.29 is 14.5 Å². The average Bonchev–Trinajstić information content (AvgIpc) is 3.25. The predicted molar refractivity (Wildman–Crippen MR) is 114 cm³/mol. The summed E-state index contributed by atoms with van der Waals surface area (Å²) in [6, 6.07) is 12.4. The summed E-state index contributed by atoms with van der Waals surface area (Å²) in [5, 5.41) is 10.8. The topological polar surface area (TPSA) is 83.8 Å². The van der Waals surface area contributed by atoms with E-state index in [-0.39, 0.29) is 30.2 Å². The number of anilines is 1. The Balaban J connectivity index is 1.26. The van der Waals surface area contributed by atoms with Crippen LogP contribution in [0.5, 0.6) is 0 Å². The molecule has 1 saturated heterocycles. The molecule has 1 fully saturated rings. The SMILES string of the molecule is O=C(CCC(=O)N1CCN(c2ccc([N+](=O)[O-])cc2)CC1)c1ccc2c(c1)CCC2. The van der Waals surface area contributed by atoms with E-state index in [4.69, 9.17) is 0 Å². The summed E-state index contributed by atoms with van der Waals surface area (Å²) in [5.41, 5.74) is 4.31. The van der Waals surface area contributed by atoms with E-state index in [9.17, 15) is 19.7 Å². The van der Waals surface area contributed by atoms with E-state index in [0.29, 0.717) is 31.7 Å². The third-order valence-corrected chi connectivity index (χ3v) is 6.04. The summed E-state index contributed by atoms with van der Waals surface area (Å²) in [5.74, 6) is 0.0374. The van der Waals surface area contributed by atoms with Crippen molar-refractivity contribution in [3.05, 3.63) is 69.3 Å². The zero-order valence-electron chi connectivity index (χ0n) is 16.9. The lowest BCUT2D eigenvalue weighted by Gasteiger charge is -2.36. The number of carbonyl (C=O) groups is 2. The number of benzene rings is 2. The normalized spacial score (nSPS) is 15.7. The van der Waals surface area contributed by atoms with Gasteiger partial charge in [0.15, 0.2) is 5.78 Å². The van der Waals surface area contributed by atoms with Gasteiger partial charge in [-0.2, -0.15) is 0 Å². The van der Waals surface area contributed by atoms with Crippen LogP contribution in [0.1, 0.15) is 40.7 Å². The maximum absolute atomic E-state index is 12.6. The Hall–Kier alpha value is -3.22. The number of ketones is 1. The fourth-order valence-corrected chi connectivity index (χ4v) is 4.27. The highest BCUT2D eigenvalue weighted by molar-refractivity contribution is 5.98.